The fourth-order valence-electron chi connectivity index (χ4n) is 4.33. The van der Waals surface area contributed by atoms with Crippen LogP contribution < -0.4 is 24.4 Å². The summed E-state index contributed by atoms with van der Waals surface area (Å²) in [6.07, 6.45) is 0. The first kappa shape index (κ1) is 40.7. The molecule has 0 saturated heterocycles. The van der Waals surface area contributed by atoms with Crippen LogP contribution in [0.4, 0.5) is 0 Å². The highest BCUT2D eigenvalue weighted by atomic mass is 32.1. The van der Waals surface area contributed by atoms with Crippen LogP contribution in [0.2, 0.25) is 0 Å². The molecule has 5 aromatic rings. The average Bonchev–Trinajstić information content (AvgIpc) is 3.14. The summed E-state index contributed by atoms with van der Waals surface area (Å²) in [5.74, 6) is -2.53. The lowest BCUT2D eigenvalue weighted by Gasteiger charge is -2.07. The summed E-state index contributed by atoms with van der Waals surface area (Å²) in [5.41, 5.74) is 1.21. The van der Waals surface area contributed by atoms with Crippen LogP contribution in [0.3, 0.4) is 0 Å². The molecular formula is C43H34O11S. The molecule has 0 aliphatic rings. The van der Waals surface area contributed by atoms with Crippen molar-refractivity contribution in [3.05, 3.63) is 155 Å². The third-order valence-corrected chi connectivity index (χ3v) is 8.41. The predicted octanol–water partition coefficient (Wildman–Crippen LogP) is 8.09. The summed E-state index contributed by atoms with van der Waals surface area (Å²) < 4.78 is 21.8. The SMILES string of the molecule is C=C(C)C(=O)Oc1ccc(C(=O)C(=O)c2ccc(OC(=O)C(=C)C)cc2)cc1.C=C(C)C(=O)Oc1ccc2c(=O)c3ccc(OC(=O)C(=C)C)cc3sc2c1. The van der Waals surface area contributed by atoms with Gasteiger partial charge in [-0.05, 0) is 113 Å². The molecule has 0 atom stereocenters. The maximum atomic E-state index is 12.7. The molecule has 1 heterocycles. The van der Waals surface area contributed by atoms with E-state index < -0.39 is 35.4 Å². The molecule has 0 aliphatic heterocycles. The van der Waals surface area contributed by atoms with Gasteiger partial charge in [0.1, 0.15) is 23.0 Å². The van der Waals surface area contributed by atoms with Crippen molar-refractivity contribution in [1.29, 1.82) is 0 Å². The molecule has 0 unspecified atom stereocenters. The summed E-state index contributed by atoms with van der Waals surface area (Å²) in [5, 5.41) is 1.05. The molecular weight excluding hydrogens is 725 g/mol. The first-order valence-electron chi connectivity index (χ1n) is 16.3. The second-order valence-electron chi connectivity index (χ2n) is 12.1. The maximum absolute atomic E-state index is 12.7. The Labute approximate surface area is 319 Å². The Hall–Kier alpha value is -7.05. The summed E-state index contributed by atoms with van der Waals surface area (Å²) in [7, 11) is 0. The van der Waals surface area contributed by atoms with Gasteiger partial charge in [0.15, 0.2) is 5.43 Å². The Kier molecular flexibility index (Phi) is 13.1. The molecule has 0 radical (unpaired) electrons. The first-order valence-corrected chi connectivity index (χ1v) is 17.1. The van der Waals surface area contributed by atoms with Crippen LogP contribution in [0.5, 0.6) is 23.0 Å². The van der Waals surface area contributed by atoms with Gasteiger partial charge in [-0.2, -0.15) is 0 Å². The topological polar surface area (TPSA) is 156 Å². The molecule has 0 aliphatic carbocycles. The lowest BCUT2D eigenvalue weighted by Crippen LogP contribution is -2.15. The zero-order chi connectivity index (χ0) is 40.6. The minimum absolute atomic E-state index is 0.144. The highest BCUT2D eigenvalue weighted by Gasteiger charge is 2.19. The Morgan fingerprint density at radius 2 is 0.709 bits per heavy atom. The molecule has 0 spiro atoms. The van der Waals surface area contributed by atoms with Crippen molar-refractivity contribution < 1.29 is 47.7 Å². The van der Waals surface area contributed by atoms with Crippen LogP contribution >= 0.6 is 11.3 Å². The minimum Gasteiger partial charge on any atom is -0.423 e. The first-order chi connectivity index (χ1) is 25.9. The highest BCUT2D eigenvalue weighted by molar-refractivity contribution is 7.24. The molecule has 0 saturated carbocycles. The average molecular weight is 759 g/mol. The van der Waals surface area contributed by atoms with Gasteiger partial charge in [0.05, 0.1) is 0 Å². The molecule has 11 nitrogen and oxygen atoms in total. The van der Waals surface area contributed by atoms with Crippen LogP contribution in [-0.4, -0.2) is 35.4 Å². The van der Waals surface area contributed by atoms with E-state index in [2.05, 4.69) is 26.3 Å². The molecule has 5 rings (SSSR count). The van der Waals surface area contributed by atoms with E-state index in [9.17, 15) is 33.6 Å². The fourth-order valence-corrected chi connectivity index (χ4v) is 5.46. The van der Waals surface area contributed by atoms with E-state index in [0.717, 1.165) is 0 Å². The van der Waals surface area contributed by atoms with E-state index in [1.807, 2.05) is 0 Å². The zero-order valence-corrected chi connectivity index (χ0v) is 31.1. The standard InChI is InChI=1S/C22H18O6.C21H16O5S/c1-13(2)21(25)27-17-9-5-15(6-10-17)19(23)20(24)16-7-11-18(12-8-16)28-22(26)14(3)4;1-11(2)20(23)25-13-5-7-15-17(9-13)27-18-10-14(26-21(24)12(3)4)6-8-16(18)19(15)22/h5-12H,1,3H2,2,4H3;5-10H,1,3H2,2,4H3. The molecule has 0 N–H and O–H groups in total. The van der Waals surface area contributed by atoms with Gasteiger partial charge in [-0.1, -0.05) is 26.3 Å². The summed E-state index contributed by atoms with van der Waals surface area (Å²) in [6, 6.07) is 20.9. The van der Waals surface area contributed by atoms with E-state index in [1.54, 1.807) is 50.2 Å². The van der Waals surface area contributed by atoms with Gasteiger partial charge in [0.2, 0.25) is 11.6 Å². The van der Waals surface area contributed by atoms with E-state index in [4.69, 9.17) is 18.9 Å². The van der Waals surface area contributed by atoms with Gasteiger partial charge in [-0.15, -0.1) is 11.3 Å². The van der Waals surface area contributed by atoms with Crippen LogP contribution in [0, 0.1) is 0 Å². The third-order valence-electron chi connectivity index (χ3n) is 7.29. The van der Waals surface area contributed by atoms with Gasteiger partial charge in [-0.3, -0.25) is 14.4 Å². The number of fused-ring (bicyclic) bond motifs is 2. The molecule has 0 amide bonds. The smallest absolute Gasteiger partial charge is 0.338 e. The summed E-state index contributed by atoms with van der Waals surface area (Å²) in [6.45, 7) is 20.2. The van der Waals surface area contributed by atoms with E-state index >= 15 is 0 Å². The number of carbonyl (C=O) groups is 6. The number of rotatable bonds is 11. The highest BCUT2D eigenvalue weighted by Crippen LogP contribution is 2.30. The van der Waals surface area contributed by atoms with Crippen molar-refractivity contribution >= 4 is 67.0 Å². The Morgan fingerprint density at radius 1 is 0.436 bits per heavy atom. The van der Waals surface area contributed by atoms with Crippen LogP contribution in [0.15, 0.2) is 138 Å². The number of hydrogen-bond acceptors (Lipinski definition) is 12. The van der Waals surface area contributed by atoms with Crippen molar-refractivity contribution in [1.82, 2.24) is 0 Å². The maximum Gasteiger partial charge on any atom is 0.338 e. The third kappa shape index (κ3) is 10.5. The lowest BCUT2D eigenvalue weighted by molar-refractivity contribution is -0.130. The predicted molar refractivity (Wildman–Crippen MR) is 209 cm³/mol. The van der Waals surface area contributed by atoms with E-state index in [-0.39, 0.29) is 50.3 Å². The normalized spacial score (nSPS) is 10.3. The Balaban J connectivity index is 0.000000245. The molecule has 55 heavy (non-hydrogen) atoms. The largest absolute Gasteiger partial charge is 0.423 e. The van der Waals surface area contributed by atoms with Crippen LogP contribution in [0.1, 0.15) is 48.4 Å². The van der Waals surface area contributed by atoms with E-state index in [1.165, 1.54) is 73.7 Å². The van der Waals surface area contributed by atoms with Gasteiger partial charge >= 0.3 is 23.9 Å². The fraction of sp³-hybridized carbons (Fsp3) is 0.0930. The number of ketones is 2. The molecule has 0 fully saturated rings. The van der Waals surface area contributed by atoms with Gasteiger partial charge in [0, 0.05) is 53.6 Å². The Morgan fingerprint density at radius 3 is 1.00 bits per heavy atom. The van der Waals surface area contributed by atoms with Crippen molar-refractivity contribution in [3.8, 4) is 23.0 Å². The van der Waals surface area contributed by atoms with Crippen molar-refractivity contribution in [2.75, 3.05) is 0 Å². The quantitative estimate of drug-likeness (QED) is 0.0320. The number of hydrogen-bond donors (Lipinski definition) is 0. The van der Waals surface area contributed by atoms with Crippen molar-refractivity contribution in [2.24, 2.45) is 0 Å². The number of ether oxygens (including phenoxy) is 4. The summed E-state index contributed by atoms with van der Waals surface area (Å²) in [4.78, 5) is 83.8. The van der Waals surface area contributed by atoms with Crippen molar-refractivity contribution in [3.63, 3.8) is 0 Å². The number of benzene rings is 4. The van der Waals surface area contributed by atoms with Gasteiger partial charge in [-0.25, -0.2) is 19.2 Å². The Bertz CT molecular complexity index is 2330. The van der Waals surface area contributed by atoms with Crippen molar-refractivity contribution in [2.45, 2.75) is 27.7 Å². The second-order valence-corrected chi connectivity index (χ2v) is 13.2. The summed E-state index contributed by atoms with van der Waals surface area (Å²) >= 11 is 1.34. The number of carbonyl (C=O) groups excluding carboxylic acids is 6. The molecule has 12 heteroatoms. The minimum atomic E-state index is -0.718. The van der Waals surface area contributed by atoms with Gasteiger partial charge < -0.3 is 18.9 Å². The van der Waals surface area contributed by atoms with Crippen LogP contribution in [-0.2, 0) is 19.2 Å². The van der Waals surface area contributed by atoms with Crippen LogP contribution in [0.25, 0.3) is 20.2 Å². The number of esters is 4. The van der Waals surface area contributed by atoms with Gasteiger partial charge in [0.25, 0.3) is 0 Å². The number of Topliss-reactive ketones (excluding diaryl/α,β-unsaturated/α-hetero) is 2. The van der Waals surface area contributed by atoms with E-state index in [0.29, 0.717) is 31.7 Å². The molecule has 278 valence electrons. The zero-order valence-electron chi connectivity index (χ0n) is 30.3. The molecule has 1 aromatic heterocycles. The molecule has 0 bridgehead atoms. The lowest BCUT2D eigenvalue weighted by atomic mass is 10.0. The second kappa shape index (κ2) is 17.6. The molecule has 4 aromatic carbocycles. The monoisotopic (exact) mass is 758 g/mol.